The van der Waals surface area contributed by atoms with Gasteiger partial charge < -0.3 is 24.3 Å². The third kappa shape index (κ3) is 5.38. The zero-order valence-electron chi connectivity index (χ0n) is 21.6. The minimum absolute atomic E-state index is 0.204. The Morgan fingerprint density at radius 2 is 1.62 bits per heavy atom. The monoisotopic (exact) mass is 520 g/mol. The van der Waals surface area contributed by atoms with Crippen LogP contribution >= 0.6 is 0 Å². The fraction of sp³-hybridized carbons (Fsp3) is 0.200. The Morgan fingerprint density at radius 3 is 2.33 bits per heavy atom. The summed E-state index contributed by atoms with van der Waals surface area (Å²) >= 11 is 0. The number of nitrogens with zero attached hydrogens (tertiary/aromatic N) is 5. The number of hydrogen-bond donors (Lipinski definition) is 1. The molecule has 0 unspecified atom stereocenters. The molecule has 6 rings (SSSR count). The van der Waals surface area contributed by atoms with Crippen molar-refractivity contribution in [2.75, 3.05) is 25.5 Å². The Balaban J connectivity index is 1.31. The van der Waals surface area contributed by atoms with Crippen LogP contribution in [-0.2, 0) is 11.3 Å². The Bertz CT molecular complexity index is 1580. The molecule has 0 aliphatic carbocycles. The number of benzene rings is 3. The number of rotatable bonds is 9. The predicted octanol–water partition coefficient (Wildman–Crippen LogP) is 5.66. The summed E-state index contributed by atoms with van der Waals surface area (Å²) in [6, 6.07) is 25.0. The van der Waals surface area contributed by atoms with Gasteiger partial charge >= 0.3 is 0 Å². The number of anilines is 2. The molecule has 1 aliphatic rings. The van der Waals surface area contributed by atoms with Crippen LogP contribution in [0.15, 0.2) is 85.2 Å². The standard InChI is InChI=1S/C30H28N6O3/c1-38-23-13-9-21(10-14-23)28-33-29(32-22-11-15-25(16-12-22)39-24-6-3-2-4-7-24)27-30(34-28)36(20-31-27)19-18-35-17-5-8-26(35)37/h2-4,6-7,9-16,20H,5,8,17-19H2,1H3,(H,32,33,34). The minimum Gasteiger partial charge on any atom is -0.497 e. The quantitative estimate of drug-likeness (QED) is 0.268. The SMILES string of the molecule is COc1ccc(-c2nc(Nc3ccc(Oc4ccccc4)cc3)c3ncn(CCN4CCCC4=O)c3n2)cc1. The largest absolute Gasteiger partial charge is 0.497 e. The molecule has 1 saturated heterocycles. The second kappa shape index (κ2) is 10.8. The first-order chi connectivity index (χ1) is 19.2. The lowest BCUT2D eigenvalue weighted by Crippen LogP contribution is -2.28. The number of likely N-dealkylation sites (tertiary alicyclic amines) is 1. The van der Waals surface area contributed by atoms with E-state index in [-0.39, 0.29) is 5.91 Å². The number of hydrogen-bond acceptors (Lipinski definition) is 7. The van der Waals surface area contributed by atoms with Crippen molar-refractivity contribution in [3.63, 3.8) is 0 Å². The van der Waals surface area contributed by atoms with E-state index in [0.29, 0.717) is 42.3 Å². The molecular weight excluding hydrogens is 492 g/mol. The van der Waals surface area contributed by atoms with Crippen molar-refractivity contribution in [1.29, 1.82) is 0 Å². The van der Waals surface area contributed by atoms with Gasteiger partial charge in [0.15, 0.2) is 22.8 Å². The van der Waals surface area contributed by atoms with Gasteiger partial charge in [-0.1, -0.05) is 18.2 Å². The molecule has 0 saturated carbocycles. The van der Waals surface area contributed by atoms with E-state index in [1.54, 1.807) is 13.4 Å². The number of para-hydroxylation sites is 1. The molecule has 0 radical (unpaired) electrons. The van der Waals surface area contributed by atoms with Gasteiger partial charge in [0.2, 0.25) is 5.91 Å². The molecule has 0 spiro atoms. The number of methoxy groups -OCH3 is 1. The maximum Gasteiger partial charge on any atom is 0.222 e. The second-order valence-electron chi connectivity index (χ2n) is 9.28. The van der Waals surface area contributed by atoms with Gasteiger partial charge in [-0.3, -0.25) is 4.79 Å². The highest BCUT2D eigenvalue weighted by Crippen LogP contribution is 2.29. The van der Waals surface area contributed by atoms with E-state index >= 15 is 0 Å². The van der Waals surface area contributed by atoms with E-state index in [2.05, 4.69) is 10.3 Å². The molecule has 0 bridgehead atoms. The van der Waals surface area contributed by atoms with Gasteiger partial charge in [0.05, 0.1) is 13.4 Å². The van der Waals surface area contributed by atoms with Gasteiger partial charge in [-0.05, 0) is 67.1 Å². The van der Waals surface area contributed by atoms with Gasteiger partial charge in [-0.15, -0.1) is 0 Å². The Hall–Kier alpha value is -4.92. The predicted molar refractivity (Wildman–Crippen MR) is 149 cm³/mol. The lowest BCUT2D eigenvalue weighted by molar-refractivity contribution is -0.127. The van der Waals surface area contributed by atoms with E-state index in [1.165, 1.54) is 0 Å². The summed E-state index contributed by atoms with van der Waals surface area (Å²) in [7, 11) is 1.64. The number of aromatic nitrogens is 4. The second-order valence-corrected chi connectivity index (χ2v) is 9.28. The summed E-state index contributed by atoms with van der Waals surface area (Å²) in [6.07, 6.45) is 3.30. The van der Waals surface area contributed by atoms with Crippen molar-refractivity contribution in [2.45, 2.75) is 19.4 Å². The van der Waals surface area contributed by atoms with Crippen LogP contribution in [0, 0.1) is 0 Å². The topological polar surface area (TPSA) is 94.4 Å². The molecule has 9 heteroatoms. The Kier molecular flexibility index (Phi) is 6.78. The normalized spacial score (nSPS) is 13.2. The lowest BCUT2D eigenvalue weighted by atomic mass is 10.2. The summed E-state index contributed by atoms with van der Waals surface area (Å²) in [5.41, 5.74) is 3.06. The lowest BCUT2D eigenvalue weighted by Gasteiger charge is -2.16. The first-order valence-electron chi connectivity index (χ1n) is 12.9. The van der Waals surface area contributed by atoms with Crippen molar-refractivity contribution >= 4 is 28.6 Å². The van der Waals surface area contributed by atoms with E-state index in [1.807, 2.05) is 88.3 Å². The number of carbonyl (C=O) groups is 1. The summed E-state index contributed by atoms with van der Waals surface area (Å²) in [5.74, 6) is 3.64. The van der Waals surface area contributed by atoms with Crippen molar-refractivity contribution in [3.8, 4) is 28.6 Å². The highest BCUT2D eigenvalue weighted by Gasteiger charge is 2.21. The van der Waals surface area contributed by atoms with E-state index in [0.717, 1.165) is 41.5 Å². The summed E-state index contributed by atoms with van der Waals surface area (Å²) in [5, 5.41) is 3.42. The molecular formula is C30H28N6O3. The van der Waals surface area contributed by atoms with Crippen LogP contribution < -0.4 is 14.8 Å². The fourth-order valence-electron chi connectivity index (χ4n) is 4.60. The molecule has 0 atom stereocenters. The summed E-state index contributed by atoms with van der Waals surface area (Å²) in [6.45, 7) is 2.03. The summed E-state index contributed by atoms with van der Waals surface area (Å²) in [4.78, 5) is 28.4. The van der Waals surface area contributed by atoms with Crippen LogP contribution in [0.4, 0.5) is 11.5 Å². The average Bonchev–Trinajstić information content (AvgIpc) is 3.59. The van der Waals surface area contributed by atoms with E-state index in [4.69, 9.17) is 19.4 Å². The number of imidazole rings is 1. The van der Waals surface area contributed by atoms with Crippen LogP contribution in [0.25, 0.3) is 22.6 Å². The Labute approximate surface area is 226 Å². The third-order valence-electron chi connectivity index (χ3n) is 6.69. The van der Waals surface area contributed by atoms with Crippen LogP contribution in [0.2, 0.25) is 0 Å². The number of nitrogens with one attached hydrogen (secondary N) is 1. The van der Waals surface area contributed by atoms with Crippen molar-refractivity contribution in [3.05, 3.63) is 85.2 Å². The van der Waals surface area contributed by atoms with E-state index in [9.17, 15) is 4.79 Å². The molecule has 39 heavy (non-hydrogen) atoms. The molecule has 3 heterocycles. The van der Waals surface area contributed by atoms with Gasteiger partial charge in [0.1, 0.15) is 17.2 Å². The van der Waals surface area contributed by atoms with Crippen LogP contribution in [-0.4, -0.2) is 50.5 Å². The third-order valence-corrected chi connectivity index (χ3v) is 6.69. The average molecular weight is 521 g/mol. The first-order valence-corrected chi connectivity index (χ1v) is 12.9. The maximum atomic E-state index is 12.1. The van der Waals surface area contributed by atoms with E-state index < -0.39 is 0 Å². The first kappa shape index (κ1) is 24.4. The van der Waals surface area contributed by atoms with Gasteiger partial charge in [0.25, 0.3) is 0 Å². The van der Waals surface area contributed by atoms with Gasteiger partial charge in [-0.25, -0.2) is 15.0 Å². The molecule has 196 valence electrons. The number of amides is 1. The molecule has 1 amide bonds. The maximum absolute atomic E-state index is 12.1. The zero-order chi connectivity index (χ0) is 26.6. The number of fused-ring (bicyclic) bond motifs is 1. The molecule has 1 N–H and O–H groups in total. The number of ether oxygens (including phenoxy) is 2. The minimum atomic E-state index is 0.204. The van der Waals surface area contributed by atoms with Crippen LogP contribution in [0.3, 0.4) is 0 Å². The fourth-order valence-corrected chi connectivity index (χ4v) is 4.60. The van der Waals surface area contributed by atoms with Crippen molar-refractivity contribution in [2.24, 2.45) is 0 Å². The molecule has 3 aromatic carbocycles. The van der Waals surface area contributed by atoms with Crippen molar-refractivity contribution in [1.82, 2.24) is 24.4 Å². The molecule has 1 fully saturated rings. The molecule has 5 aromatic rings. The molecule has 9 nitrogen and oxygen atoms in total. The zero-order valence-corrected chi connectivity index (χ0v) is 21.6. The van der Waals surface area contributed by atoms with Crippen LogP contribution in [0.5, 0.6) is 17.2 Å². The van der Waals surface area contributed by atoms with Gasteiger partial charge in [-0.2, -0.15) is 0 Å². The molecule has 1 aliphatic heterocycles. The highest BCUT2D eigenvalue weighted by molar-refractivity contribution is 5.87. The Morgan fingerprint density at radius 1 is 0.872 bits per heavy atom. The van der Waals surface area contributed by atoms with Gasteiger partial charge in [0, 0.05) is 37.3 Å². The number of carbonyl (C=O) groups excluding carboxylic acids is 1. The smallest absolute Gasteiger partial charge is 0.222 e. The highest BCUT2D eigenvalue weighted by atomic mass is 16.5. The summed E-state index contributed by atoms with van der Waals surface area (Å²) < 4.78 is 13.2. The molecule has 2 aromatic heterocycles. The van der Waals surface area contributed by atoms with Crippen LogP contribution in [0.1, 0.15) is 12.8 Å². The van der Waals surface area contributed by atoms with Crippen molar-refractivity contribution < 1.29 is 14.3 Å².